The summed E-state index contributed by atoms with van der Waals surface area (Å²) < 4.78 is 5.57. The summed E-state index contributed by atoms with van der Waals surface area (Å²) in [5.74, 6) is 3.01. The van der Waals surface area contributed by atoms with Crippen molar-refractivity contribution in [2.45, 2.75) is 26.2 Å². The lowest BCUT2D eigenvalue weighted by Gasteiger charge is -2.21. The molecule has 2 nitrogen and oxygen atoms in total. The van der Waals surface area contributed by atoms with E-state index in [0.717, 1.165) is 23.9 Å². The van der Waals surface area contributed by atoms with Gasteiger partial charge in [0.2, 0.25) is 0 Å². The minimum absolute atomic E-state index is 0.826. The van der Waals surface area contributed by atoms with Gasteiger partial charge in [0.1, 0.15) is 11.5 Å². The van der Waals surface area contributed by atoms with Gasteiger partial charge in [-0.15, -0.1) is 0 Å². The van der Waals surface area contributed by atoms with Crippen molar-refractivity contribution in [1.29, 1.82) is 0 Å². The highest BCUT2D eigenvalue weighted by atomic mass is 16.3. The second kappa shape index (κ2) is 3.97. The molecule has 0 amide bonds. The van der Waals surface area contributed by atoms with E-state index in [2.05, 4.69) is 17.4 Å². The summed E-state index contributed by atoms with van der Waals surface area (Å²) in [5.41, 5.74) is 0. The average Bonchev–Trinajstić information content (AvgIpc) is 2.53. The molecule has 2 heteroatoms. The monoisotopic (exact) mass is 179 g/mol. The molecular formula is C11H17NO. The normalized spacial score (nSPS) is 19.2. The Balaban J connectivity index is 1.89. The highest BCUT2D eigenvalue weighted by Gasteiger charge is 2.14. The van der Waals surface area contributed by atoms with Gasteiger partial charge in [0, 0.05) is 6.42 Å². The third-order valence-electron chi connectivity index (χ3n) is 2.74. The standard InChI is InChI=1S/C11H17NO/c1-9-2-3-11(13-9)8-10-4-6-12-7-5-10/h2-3,10,12H,4-8H2,1H3. The summed E-state index contributed by atoms with van der Waals surface area (Å²) in [5, 5.41) is 3.38. The van der Waals surface area contributed by atoms with Crippen LogP contribution in [0.15, 0.2) is 16.5 Å². The minimum atomic E-state index is 0.826. The van der Waals surface area contributed by atoms with Crippen LogP contribution >= 0.6 is 0 Å². The quantitative estimate of drug-likeness (QED) is 0.752. The Morgan fingerprint density at radius 2 is 2.15 bits per heavy atom. The fourth-order valence-electron chi connectivity index (χ4n) is 1.97. The smallest absolute Gasteiger partial charge is 0.104 e. The predicted octanol–water partition coefficient (Wildman–Crippen LogP) is 2.13. The van der Waals surface area contributed by atoms with E-state index in [-0.39, 0.29) is 0 Å². The first-order valence-corrected chi connectivity index (χ1v) is 5.10. The Hall–Kier alpha value is -0.760. The summed E-state index contributed by atoms with van der Waals surface area (Å²) >= 11 is 0. The van der Waals surface area contributed by atoms with Gasteiger partial charge in [-0.25, -0.2) is 0 Å². The minimum Gasteiger partial charge on any atom is -0.466 e. The van der Waals surface area contributed by atoms with Crippen LogP contribution in [0.3, 0.4) is 0 Å². The van der Waals surface area contributed by atoms with E-state index < -0.39 is 0 Å². The fraction of sp³-hybridized carbons (Fsp3) is 0.636. The summed E-state index contributed by atoms with van der Waals surface area (Å²) in [7, 11) is 0. The van der Waals surface area contributed by atoms with E-state index in [0.29, 0.717) is 0 Å². The van der Waals surface area contributed by atoms with Crippen LogP contribution in [0.4, 0.5) is 0 Å². The Morgan fingerprint density at radius 3 is 2.77 bits per heavy atom. The maximum Gasteiger partial charge on any atom is 0.104 e. The molecule has 0 radical (unpaired) electrons. The van der Waals surface area contributed by atoms with Crippen molar-refractivity contribution in [3.63, 3.8) is 0 Å². The zero-order chi connectivity index (χ0) is 9.10. The lowest BCUT2D eigenvalue weighted by atomic mass is 9.94. The molecular weight excluding hydrogens is 162 g/mol. The predicted molar refractivity (Wildman–Crippen MR) is 52.7 cm³/mol. The second-order valence-electron chi connectivity index (χ2n) is 3.91. The Labute approximate surface area is 79.3 Å². The van der Waals surface area contributed by atoms with E-state index in [9.17, 15) is 0 Å². The van der Waals surface area contributed by atoms with Gasteiger partial charge in [0.05, 0.1) is 0 Å². The number of piperidine rings is 1. The highest BCUT2D eigenvalue weighted by Crippen LogP contribution is 2.19. The molecule has 13 heavy (non-hydrogen) atoms. The molecule has 2 heterocycles. The number of rotatable bonds is 2. The van der Waals surface area contributed by atoms with E-state index in [1.807, 2.05) is 6.92 Å². The zero-order valence-corrected chi connectivity index (χ0v) is 8.18. The highest BCUT2D eigenvalue weighted by molar-refractivity contribution is 5.06. The average molecular weight is 179 g/mol. The largest absolute Gasteiger partial charge is 0.466 e. The first-order chi connectivity index (χ1) is 6.34. The van der Waals surface area contributed by atoms with Crippen molar-refractivity contribution < 1.29 is 4.42 Å². The summed E-state index contributed by atoms with van der Waals surface area (Å²) in [4.78, 5) is 0. The van der Waals surface area contributed by atoms with Crippen LogP contribution in [0.5, 0.6) is 0 Å². The molecule has 1 aliphatic rings. The van der Waals surface area contributed by atoms with Gasteiger partial charge in [-0.2, -0.15) is 0 Å². The molecule has 72 valence electrons. The lowest BCUT2D eigenvalue weighted by molar-refractivity contribution is 0.344. The van der Waals surface area contributed by atoms with Crippen LogP contribution in [0.1, 0.15) is 24.4 Å². The number of aryl methyl sites for hydroxylation is 1. The molecule has 1 aromatic rings. The van der Waals surface area contributed by atoms with Crippen LogP contribution in [0.25, 0.3) is 0 Å². The maximum atomic E-state index is 5.57. The third-order valence-corrected chi connectivity index (χ3v) is 2.74. The SMILES string of the molecule is Cc1ccc(CC2CCNCC2)o1. The molecule has 1 aromatic heterocycles. The number of nitrogens with one attached hydrogen (secondary N) is 1. The molecule has 0 aromatic carbocycles. The van der Waals surface area contributed by atoms with Crippen molar-refractivity contribution in [2.24, 2.45) is 5.92 Å². The van der Waals surface area contributed by atoms with Gasteiger partial charge < -0.3 is 9.73 Å². The molecule has 0 bridgehead atoms. The van der Waals surface area contributed by atoms with Crippen LogP contribution < -0.4 is 5.32 Å². The van der Waals surface area contributed by atoms with Crippen molar-refractivity contribution in [2.75, 3.05) is 13.1 Å². The topological polar surface area (TPSA) is 25.2 Å². The number of hydrogen-bond donors (Lipinski definition) is 1. The Morgan fingerprint density at radius 1 is 1.38 bits per heavy atom. The van der Waals surface area contributed by atoms with Crippen LogP contribution in [0.2, 0.25) is 0 Å². The van der Waals surface area contributed by atoms with E-state index in [1.165, 1.54) is 25.9 Å². The van der Waals surface area contributed by atoms with Gasteiger partial charge >= 0.3 is 0 Å². The van der Waals surface area contributed by atoms with Crippen molar-refractivity contribution >= 4 is 0 Å². The van der Waals surface area contributed by atoms with Gasteiger partial charge in [0.25, 0.3) is 0 Å². The molecule has 0 unspecified atom stereocenters. The lowest BCUT2D eigenvalue weighted by Crippen LogP contribution is -2.28. The Bertz CT molecular complexity index is 261. The summed E-state index contributed by atoms with van der Waals surface area (Å²) in [6, 6.07) is 4.16. The molecule has 1 fully saturated rings. The molecule has 1 N–H and O–H groups in total. The first-order valence-electron chi connectivity index (χ1n) is 5.10. The second-order valence-corrected chi connectivity index (χ2v) is 3.91. The van der Waals surface area contributed by atoms with E-state index in [4.69, 9.17) is 4.42 Å². The first kappa shape index (κ1) is 8.82. The number of furan rings is 1. The molecule has 1 saturated heterocycles. The maximum absolute atomic E-state index is 5.57. The van der Waals surface area contributed by atoms with E-state index >= 15 is 0 Å². The molecule has 2 rings (SSSR count). The third kappa shape index (κ3) is 2.34. The fourth-order valence-corrected chi connectivity index (χ4v) is 1.97. The molecule has 0 aliphatic carbocycles. The van der Waals surface area contributed by atoms with Crippen molar-refractivity contribution in [3.8, 4) is 0 Å². The van der Waals surface area contributed by atoms with Crippen LogP contribution in [0, 0.1) is 12.8 Å². The van der Waals surface area contributed by atoms with Crippen LogP contribution in [-0.2, 0) is 6.42 Å². The van der Waals surface area contributed by atoms with Gasteiger partial charge in [-0.1, -0.05) is 0 Å². The Kier molecular flexibility index (Phi) is 2.69. The number of hydrogen-bond acceptors (Lipinski definition) is 2. The summed E-state index contributed by atoms with van der Waals surface area (Å²) in [6.45, 7) is 4.35. The summed E-state index contributed by atoms with van der Waals surface area (Å²) in [6.07, 6.45) is 3.70. The molecule has 0 spiro atoms. The zero-order valence-electron chi connectivity index (χ0n) is 8.18. The van der Waals surface area contributed by atoms with Gasteiger partial charge in [0.15, 0.2) is 0 Å². The van der Waals surface area contributed by atoms with Crippen molar-refractivity contribution in [3.05, 3.63) is 23.7 Å². The molecule has 1 aliphatic heterocycles. The molecule has 0 saturated carbocycles. The van der Waals surface area contributed by atoms with Gasteiger partial charge in [-0.05, 0) is 50.9 Å². The van der Waals surface area contributed by atoms with Crippen molar-refractivity contribution in [1.82, 2.24) is 5.32 Å². The van der Waals surface area contributed by atoms with E-state index in [1.54, 1.807) is 0 Å². The van der Waals surface area contributed by atoms with Crippen LogP contribution in [-0.4, -0.2) is 13.1 Å². The van der Waals surface area contributed by atoms with Gasteiger partial charge in [-0.3, -0.25) is 0 Å². The molecule has 0 atom stereocenters.